The van der Waals surface area contributed by atoms with Gasteiger partial charge in [0.1, 0.15) is 0 Å². The molecule has 2 aromatic carbocycles. The summed E-state index contributed by atoms with van der Waals surface area (Å²) in [6.45, 7) is 2.15. The number of hydrogen-bond acceptors (Lipinski definition) is 4. The van der Waals surface area contributed by atoms with Crippen molar-refractivity contribution in [2.45, 2.75) is 17.3 Å². The maximum atomic E-state index is 4.69. The van der Waals surface area contributed by atoms with Gasteiger partial charge < -0.3 is 0 Å². The third-order valence-corrected chi connectivity index (χ3v) is 5.12. The van der Waals surface area contributed by atoms with Crippen LogP contribution in [0.1, 0.15) is 12.5 Å². The molecule has 0 fully saturated rings. The van der Waals surface area contributed by atoms with Crippen molar-refractivity contribution in [3.8, 4) is 11.4 Å². The van der Waals surface area contributed by atoms with E-state index in [4.69, 9.17) is 5.10 Å². The number of fused-ring (bicyclic) bond motifs is 1. The number of thioether (sulfide) groups is 1. The fourth-order valence-corrected chi connectivity index (χ4v) is 3.80. The number of aromatic nitrogens is 3. The zero-order chi connectivity index (χ0) is 15.8. The van der Waals surface area contributed by atoms with E-state index in [1.807, 2.05) is 42.5 Å². The molecule has 6 heteroatoms. The lowest BCUT2D eigenvalue weighted by Gasteiger charge is -2.18. The van der Waals surface area contributed by atoms with Crippen molar-refractivity contribution in [2.24, 2.45) is 5.10 Å². The molecular weight excluding hydrogens is 372 g/mol. The zero-order valence-electron chi connectivity index (χ0n) is 12.3. The maximum absolute atomic E-state index is 4.69. The molecule has 2 heterocycles. The highest BCUT2D eigenvalue weighted by molar-refractivity contribution is 9.10. The minimum absolute atomic E-state index is 0.240. The zero-order valence-corrected chi connectivity index (χ0v) is 14.8. The SMILES string of the molecule is C[C@@H]1Sc2nc(-c3cccc(Br)c3)nn2N=C1c1ccccc1. The monoisotopic (exact) mass is 384 g/mol. The van der Waals surface area contributed by atoms with Gasteiger partial charge in [0.25, 0.3) is 0 Å². The van der Waals surface area contributed by atoms with Gasteiger partial charge in [0.15, 0.2) is 5.82 Å². The van der Waals surface area contributed by atoms with Gasteiger partial charge in [-0.3, -0.25) is 0 Å². The van der Waals surface area contributed by atoms with E-state index in [9.17, 15) is 0 Å². The molecular formula is C17H13BrN4S. The summed E-state index contributed by atoms with van der Waals surface area (Å²) in [4.78, 5) is 6.27. The molecule has 1 aliphatic heterocycles. The first-order valence-corrected chi connectivity index (χ1v) is 8.92. The Labute approximate surface area is 146 Å². The first-order chi connectivity index (χ1) is 11.2. The van der Waals surface area contributed by atoms with Crippen molar-refractivity contribution >= 4 is 33.4 Å². The molecule has 3 aromatic rings. The third-order valence-electron chi connectivity index (χ3n) is 3.58. The average Bonchev–Trinajstić information content (AvgIpc) is 2.98. The Morgan fingerprint density at radius 3 is 2.61 bits per heavy atom. The maximum Gasteiger partial charge on any atom is 0.211 e. The highest BCUT2D eigenvalue weighted by atomic mass is 79.9. The lowest BCUT2D eigenvalue weighted by molar-refractivity contribution is 0.654. The van der Waals surface area contributed by atoms with Crippen molar-refractivity contribution in [1.29, 1.82) is 0 Å². The molecule has 0 spiro atoms. The van der Waals surface area contributed by atoms with Crippen molar-refractivity contribution in [1.82, 2.24) is 14.9 Å². The van der Waals surface area contributed by atoms with Gasteiger partial charge in [-0.15, -0.1) is 9.89 Å². The van der Waals surface area contributed by atoms with Crippen LogP contribution in [0.25, 0.3) is 11.4 Å². The normalized spacial score (nSPS) is 16.8. The van der Waals surface area contributed by atoms with E-state index in [-0.39, 0.29) is 5.25 Å². The average molecular weight is 385 g/mol. The Hall–Kier alpha value is -1.92. The van der Waals surface area contributed by atoms with Crippen molar-refractivity contribution in [2.75, 3.05) is 0 Å². The molecule has 4 rings (SSSR count). The molecule has 114 valence electrons. The summed E-state index contributed by atoms with van der Waals surface area (Å²) in [5.41, 5.74) is 3.12. The predicted molar refractivity (Wildman–Crippen MR) is 96.9 cm³/mol. The molecule has 0 N–H and O–H groups in total. The van der Waals surface area contributed by atoms with Gasteiger partial charge in [-0.1, -0.05) is 70.2 Å². The second-order valence-electron chi connectivity index (χ2n) is 5.23. The molecule has 0 amide bonds. The van der Waals surface area contributed by atoms with Crippen LogP contribution >= 0.6 is 27.7 Å². The molecule has 0 radical (unpaired) electrons. The minimum atomic E-state index is 0.240. The first kappa shape index (κ1) is 14.7. The summed E-state index contributed by atoms with van der Waals surface area (Å²) in [5.74, 6) is 0.694. The summed E-state index contributed by atoms with van der Waals surface area (Å²) in [5, 5.41) is 10.3. The summed E-state index contributed by atoms with van der Waals surface area (Å²) < 4.78 is 1.01. The van der Waals surface area contributed by atoms with Gasteiger partial charge in [-0.05, 0) is 24.6 Å². The van der Waals surface area contributed by atoms with Crippen LogP contribution < -0.4 is 0 Å². The van der Waals surface area contributed by atoms with E-state index in [1.54, 1.807) is 16.6 Å². The van der Waals surface area contributed by atoms with Crippen LogP contribution in [0.4, 0.5) is 0 Å². The third kappa shape index (κ3) is 2.84. The van der Waals surface area contributed by atoms with Gasteiger partial charge in [-0.25, -0.2) is 0 Å². The fourth-order valence-electron chi connectivity index (χ4n) is 2.48. The summed E-state index contributed by atoms with van der Waals surface area (Å²) in [7, 11) is 0. The van der Waals surface area contributed by atoms with E-state index in [1.165, 1.54) is 0 Å². The molecule has 4 nitrogen and oxygen atoms in total. The van der Waals surface area contributed by atoms with Gasteiger partial charge in [0.2, 0.25) is 5.16 Å². The highest BCUT2D eigenvalue weighted by Crippen LogP contribution is 2.31. The smallest absolute Gasteiger partial charge is 0.199 e. The molecule has 1 atom stereocenters. The van der Waals surface area contributed by atoms with Crippen molar-refractivity contribution < 1.29 is 0 Å². The molecule has 23 heavy (non-hydrogen) atoms. The first-order valence-electron chi connectivity index (χ1n) is 7.24. The molecule has 0 unspecified atom stereocenters. The predicted octanol–water partition coefficient (Wildman–Crippen LogP) is 4.45. The van der Waals surface area contributed by atoms with Crippen LogP contribution in [-0.4, -0.2) is 25.8 Å². The standard InChI is InChI=1S/C17H13BrN4S/c1-11-15(12-6-3-2-4-7-12)20-22-17(23-11)19-16(21-22)13-8-5-9-14(18)10-13/h2-11H,1H3/t11-/m0/s1. The molecule has 0 aliphatic carbocycles. The Balaban J connectivity index is 1.77. The van der Waals surface area contributed by atoms with E-state index < -0.39 is 0 Å². The van der Waals surface area contributed by atoms with Crippen LogP contribution in [0, 0.1) is 0 Å². The highest BCUT2D eigenvalue weighted by Gasteiger charge is 2.25. The molecule has 0 saturated carbocycles. The van der Waals surface area contributed by atoms with E-state index in [0.717, 1.165) is 26.5 Å². The lowest BCUT2D eigenvalue weighted by atomic mass is 10.1. The number of hydrogen-bond donors (Lipinski definition) is 0. The van der Waals surface area contributed by atoms with Crippen LogP contribution in [0.3, 0.4) is 0 Å². The Kier molecular flexibility index (Phi) is 3.79. The van der Waals surface area contributed by atoms with E-state index >= 15 is 0 Å². The largest absolute Gasteiger partial charge is 0.211 e. The van der Waals surface area contributed by atoms with E-state index in [0.29, 0.717) is 5.82 Å². The molecule has 1 aliphatic rings. The van der Waals surface area contributed by atoms with Gasteiger partial charge in [0.05, 0.1) is 11.0 Å². The van der Waals surface area contributed by atoms with E-state index in [2.05, 4.69) is 45.1 Å². The number of nitrogens with zero attached hydrogens (tertiary/aromatic N) is 4. The number of benzene rings is 2. The Bertz CT molecular complexity index is 889. The number of rotatable bonds is 2. The van der Waals surface area contributed by atoms with Crippen LogP contribution in [-0.2, 0) is 0 Å². The summed E-state index contributed by atoms with van der Waals surface area (Å²) >= 11 is 5.17. The molecule has 1 aromatic heterocycles. The lowest BCUT2D eigenvalue weighted by Crippen LogP contribution is -2.21. The number of halogens is 1. The van der Waals surface area contributed by atoms with Gasteiger partial charge in [-0.2, -0.15) is 10.1 Å². The second kappa shape index (κ2) is 5.94. The topological polar surface area (TPSA) is 43.1 Å². The Morgan fingerprint density at radius 1 is 1.04 bits per heavy atom. The summed E-state index contributed by atoms with van der Waals surface area (Å²) in [6, 6.07) is 18.2. The quantitative estimate of drug-likeness (QED) is 0.655. The fraction of sp³-hybridized carbons (Fsp3) is 0.118. The van der Waals surface area contributed by atoms with Crippen LogP contribution in [0.15, 0.2) is 69.3 Å². The Morgan fingerprint density at radius 2 is 1.83 bits per heavy atom. The minimum Gasteiger partial charge on any atom is -0.199 e. The van der Waals surface area contributed by atoms with Gasteiger partial charge >= 0.3 is 0 Å². The molecule has 0 bridgehead atoms. The van der Waals surface area contributed by atoms with Gasteiger partial charge in [0, 0.05) is 10.0 Å². The van der Waals surface area contributed by atoms with Crippen molar-refractivity contribution in [3.05, 3.63) is 64.6 Å². The van der Waals surface area contributed by atoms with Crippen LogP contribution in [0.2, 0.25) is 0 Å². The summed E-state index contributed by atoms with van der Waals surface area (Å²) in [6.07, 6.45) is 0. The molecule has 0 saturated heterocycles. The van der Waals surface area contributed by atoms with Crippen molar-refractivity contribution in [3.63, 3.8) is 0 Å². The van der Waals surface area contributed by atoms with Crippen LogP contribution in [0.5, 0.6) is 0 Å². The second-order valence-corrected chi connectivity index (χ2v) is 7.45.